The number of hydrogen-bond donors (Lipinski definition) is 1. The van der Waals surface area contributed by atoms with Crippen LogP contribution in [0, 0.1) is 0 Å². The Hall–Kier alpha value is -1.17. The predicted octanol–water partition coefficient (Wildman–Crippen LogP) is 1.92. The standard InChI is InChI=1S/C10H12F3N3/c11-10(12,13)8-7(5-15-6-16-8)1-2-9(14)3-4-9/h5-6H,1-4,14H2. The third kappa shape index (κ3) is 2.49. The molecule has 0 bridgehead atoms. The third-order valence-electron chi connectivity index (χ3n) is 2.84. The van der Waals surface area contributed by atoms with E-state index in [0.717, 1.165) is 19.2 Å². The van der Waals surface area contributed by atoms with E-state index >= 15 is 0 Å². The minimum Gasteiger partial charge on any atom is -0.325 e. The maximum absolute atomic E-state index is 12.6. The maximum Gasteiger partial charge on any atom is 0.433 e. The maximum atomic E-state index is 12.6. The molecule has 1 heterocycles. The quantitative estimate of drug-likeness (QED) is 0.864. The van der Waals surface area contributed by atoms with Gasteiger partial charge in [-0.05, 0) is 25.7 Å². The van der Waals surface area contributed by atoms with Crippen molar-refractivity contribution in [1.29, 1.82) is 0 Å². The van der Waals surface area contributed by atoms with Crippen molar-refractivity contribution in [2.24, 2.45) is 5.73 Å². The van der Waals surface area contributed by atoms with Gasteiger partial charge in [-0.1, -0.05) is 0 Å². The molecule has 1 aromatic rings. The smallest absolute Gasteiger partial charge is 0.325 e. The Kier molecular flexibility index (Phi) is 2.61. The van der Waals surface area contributed by atoms with Gasteiger partial charge in [0.25, 0.3) is 0 Å². The summed E-state index contributed by atoms with van der Waals surface area (Å²) in [7, 11) is 0. The van der Waals surface area contributed by atoms with Gasteiger partial charge in [-0.2, -0.15) is 13.2 Å². The largest absolute Gasteiger partial charge is 0.433 e. The van der Waals surface area contributed by atoms with Crippen LogP contribution in [-0.4, -0.2) is 15.5 Å². The molecular formula is C10H12F3N3. The van der Waals surface area contributed by atoms with E-state index in [0.29, 0.717) is 6.42 Å². The summed E-state index contributed by atoms with van der Waals surface area (Å²) in [5.74, 6) is 0. The Morgan fingerprint density at radius 1 is 1.38 bits per heavy atom. The van der Waals surface area contributed by atoms with Crippen LogP contribution < -0.4 is 5.73 Å². The summed E-state index contributed by atoms with van der Waals surface area (Å²) in [6, 6.07) is 0. The van der Waals surface area contributed by atoms with Gasteiger partial charge in [0, 0.05) is 17.3 Å². The van der Waals surface area contributed by atoms with Crippen LogP contribution in [0.25, 0.3) is 0 Å². The average Bonchev–Trinajstić information content (AvgIpc) is 2.94. The molecule has 0 amide bonds. The van der Waals surface area contributed by atoms with Crippen LogP contribution in [0.4, 0.5) is 13.2 Å². The molecule has 1 saturated carbocycles. The lowest BCUT2D eigenvalue weighted by atomic mass is 10.0. The minimum atomic E-state index is -4.41. The normalized spacial score (nSPS) is 18.5. The average molecular weight is 231 g/mol. The molecule has 0 saturated heterocycles. The van der Waals surface area contributed by atoms with Gasteiger partial charge >= 0.3 is 6.18 Å². The van der Waals surface area contributed by atoms with Gasteiger partial charge in [0.05, 0.1) is 0 Å². The molecule has 0 unspecified atom stereocenters. The molecule has 1 aromatic heterocycles. The molecule has 88 valence electrons. The number of nitrogens with zero attached hydrogens (tertiary/aromatic N) is 2. The molecule has 1 aliphatic rings. The van der Waals surface area contributed by atoms with Gasteiger partial charge in [-0.3, -0.25) is 0 Å². The highest BCUT2D eigenvalue weighted by atomic mass is 19.4. The molecule has 2 rings (SSSR count). The Balaban J connectivity index is 2.13. The van der Waals surface area contributed by atoms with Crippen molar-refractivity contribution >= 4 is 0 Å². The number of halogens is 3. The molecule has 0 atom stereocenters. The SMILES string of the molecule is NC1(CCc2cncnc2C(F)(F)F)CC1. The number of aryl methyl sites for hydroxylation is 1. The lowest BCUT2D eigenvalue weighted by molar-refractivity contribution is -0.141. The van der Waals surface area contributed by atoms with Crippen molar-refractivity contribution in [1.82, 2.24) is 9.97 Å². The monoisotopic (exact) mass is 231 g/mol. The first-order valence-electron chi connectivity index (χ1n) is 5.06. The lowest BCUT2D eigenvalue weighted by Crippen LogP contribution is -2.23. The highest BCUT2D eigenvalue weighted by molar-refractivity contribution is 5.20. The molecule has 3 nitrogen and oxygen atoms in total. The number of aromatic nitrogens is 2. The molecule has 0 aliphatic heterocycles. The number of alkyl halides is 3. The van der Waals surface area contributed by atoms with E-state index in [2.05, 4.69) is 9.97 Å². The summed E-state index contributed by atoms with van der Waals surface area (Å²) in [5, 5.41) is 0. The van der Waals surface area contributed by atoms with E-state index in [4.69, 9.17) is 5.73 Å². The van der Waals surface area contributed by atoms with Crippen molar-refractivity contribution in [2.45, 2.75) is 37.4 Å². The summed E-state index contributed by atoms with van der Waals surface area (Å²) in [6.45, 7) is 0. The van der Waals surface area contributed by atoms with Crippen molar-refractivity contribution in [2.75, 3.05) is 0 Å². The second-order valence-electron chi connectivity index (χ2n) is 4.26. The lowest BCUT2D eigenvalue weighted by Gasteiger charge is -2.12. The van der Waals surface area contributed by atoms with Gasteiger partial charge in [-0.15, -0.1) is 0 Å². The molecule has 6 heteroatoms. The Bertz CT molecular complexity index is 385. The van der Waals surface area contributed by atoms with E-state index in [9.17, 15) is 13.2 Å². The van der Waals surface area contributed by atoms with E-state index in [-0.39, 0.29) is 17.5 Å². The molecule has 2 N–H and O–H groups in total. The molecule has 0 spiro atoms. The van der Waals surface area contributed by atoms with Crippen LogP contribution in [0.15, 0.2) is 12.5 Å². The number of hydrogen-bond acceptors (Lipinski definition) is 3. The van der Waals surface area contributed by atoms with Crippen molar-refractivity contribution < 1.29 is 13.2 Å². The molecular weight excluding hydrogens is 219 g/mol. The van der Waals surface area contributed by atoms with Gasteiger partial charge in [-0.25, -0.2) is 9.97 Å². The van der Waals surface area contributed by atoms with Crippen LogP contribution in [0.2, 0.25) is 0 Å². The topological polar surface area (TPSA) is 51.8 Å². The summed E-state index contributed by atoms with van der Waals surface area (Å²) in [5.41, 5.74) is 4.87. The van der Waals surface area contributed by atoms with Crippen molar-refractivity contribution in [3.63, 3.8) is 0 Å². The van der Waals surface area contributed by atoms with Gasteiger partial charge in [0.2, 0.25) is 0 Å². The van der Waals surface area contributed by atoms with Gasteiger partial charge < -0.3 is 5.73 Å². The van der Waals surface area contributed by atoms with Crippen LogP contribution in [-0.2, 0) is 12.6 Å². The van der Waals surface area contributed by atoms with E-state index in [1.54, 1.807) is 0 Å². The summed E-state index contributed by atoms with van der Waals surface area (Å²) in [4.78, 5) is 6.92. The van der Waals surface area contributed by atoms with Gasteiger partial charge in [0.15, 0.2) is 5.69 Å². The Morgan fingerprint density at radius 2 is 2.06 bits per heavy atom. The van der Waals surface area contributed by atoms with Crippen LogP contribution in [0.5, 0.6) is 0 Å². The van der Waals surface area contributed by atoms with E-state index in [1.165, 1.54) is 6.20 Å². The first kappa shape index (κ1) is 11.3. The molecule has 0 radical (unpaired) electrons. The molecule has 1 aliphatic carbocycles. The van der Waals surface area contributed by atoms with E-state index in [1.807, 2.05) is 0 Å². The first-order valence-corrected chi connectivity index (χ1v) is 5.06. The zero-order valence-electron chi connectivity index (χ0n) is 8.59. The Labute approximate surface area is 90.9 Å². The van der Waals surface area contributed by atoms with Crippen molar-refractivity contribution in [3.05, 3.63) is 23.8 Å². The number of nitrogens with two attached hydrogens (primary N) is 1. The highest BCUT2D eigenvalue weighted by Crippen LogP contribution is 2.38. The Morgan fingerprint density at radius 3 is 2.62 bits per heavy atom. The van der Waals surface area contributed by atoms with Crippen LogP contribution in [0.1, 0.15) is 30.5 Å². The van der Waals surface area contributed by atoms with E-state index < -0.39 is 11.9 Å². The van der Waals surface area contributed by atoms with Gasteiger partial charge in [0.1, 0.15) is 6.33 Å². The zero-order chi connectivity index (χ0) is 11.8. The molecule has 1 fully saturated rings. The zero-order valence-corrected chi connectivity index (χ0v) is 8.59. The van der Waals surface area contributed by atoms with Crippen LogP contribution >= 0.6 is 0 Å². The molecule has 16 heavy (non-hydrogen) atoms. The minimum absolute atomic E-state index is 0.131. The molecule has 0 aromatic carbocycles. The third-order valence-corrected chi connectivity index (χ3v) is 2.84. The van der Waals surface area contributed by atoms with Crippen LogP contribution in [0.3, 0.4) is 0 Å². The summed E-state index contributed by atoms with van der Waals surface area (Å²) >= 11 is 0. The number of rotatable bonds is 3. The predicted molar refractivity (Wildman–Crippen MR) is 51.5 cm³/mol. The highest BCUT2D eigenvalue weighted by Gasteiger charge is 2.39. The fourth-order valence-corrected chi connectivity index (χ4v) is 1.59. The fraction of sp³-hybridized carbons (Fsp3) is 0.600. The second kappa shape index (κ2) is 3.69. The first-order chi connectivity index (χ1) is 7.41. The van der Waals surface area contributed by atoms with Crippen molar-refractivity contribution in [3.8, 4) is 0 Å². The fourth-order valence-electron chi connectivity index (χ4n) is 1.59. The summed E-state index contributed by atoms with van der Waals surface area (Å²) < 4.78 is 37.7. The summed E-state index contributed by atoms with van der Waals surface area (Å²) in [6.07, 6.45) is 0.354. The second-order valence-corrected chi connectivity index (χ2v) is 4.26.